The van der Waals surface area contributed by atoms with Gasteiger partial charge in [0.25, 0.3) is 0 Å². The Morgan fingerprint density at radius 3 is 2.64 bits per heavy atom. The summed E-state index contributed by atoms with van der Waals surface area (Å²) in [5, 5.41) is 0.710. The molecule has 0 radical (unpaired) electrons. The standard InChI is InChI=1S/C8H12BrNO/c1-3-4-8(6-11)10-7(2)5-9/h4,6H,3,5H2,1-2H3/b8-4-,10-7?. The summed E-state index contributed by atoms with van der Waals surface area (Å²) in [6.07, 6.45) is 3.42. The molecule has 0 saturated carbocycles. The minimum absolute atomic E-state index is 0.518. The zero-order valence-corrected chi connectivity index (χ0v) is 8.39. The summed E-state index contributed by atoms with van der Waals surface area (Å²) in [4.78, 5) is 14.4. The zero-order valence-electron chi connectivity index (χ0n) is 6.80. The van der Waals surface area contributed by atoms with E-state index in [2.05, 4.69) is 20.9 Å². The molecule has 0 N–H and O–H groups in total. The highest BCUT2D eigenvalue weighted by Gasteiger charge is 1.91. The van der Waals surface area contributed by atoms with Crippen molar-refractivity contribution in [2.45, 2.75) is 20.3 Å². The van der Waals surface area contributed by atoms with Gasteiger partial charge in [0, 0.05) is 11.0 Å². The van der Waals surface area contributed by atoms with Gasteiger partial charge in [0.05, 0.1) is 5.70 Å². The molecule has 0 spiro atoms. The Morgan fingerprint density at radius 2 is 2.27 bits per heavy atom. The number of hydrogen-bond acceptors (Lipinski definition) is 2. The number of carbonyl (C=O) groups excluding carboxylic acids is 1. The molecule has 11 heavy (non-hydrogen) atoms. The number of aldehydes is 1. The van der Waals surface area contributed by atoms with Crippen LogP contribution < -0.4 is 0 Å². The van der Waals surface area contributed by atoms with Gasteiger partial charge in [-0.2, -0.15) is 0 Å². The summed E-state index contributed by atoms with van der Waals surface area (Å²) < 4.78 is 0. The van der Waals surface area contributed by atoms with Gasteiger partial charge in [-0.15, -0.1) is 0 Å². The van der Waals surface area contributed by atoms with Crippen LogP contribution in [0.1, 0.15) is 20.3 Å². The van der Waals surface area contributed by atoms with Crippen molar-refractivity contribution in [3.63, 3.8) is 0 Å². The van der Waals surface area contributed by atoms with Crippen molar-refractivity contribution in [2.75, 3.05) is 5.33 Å². The van der Waals surface area contributed by atoms with Crippen LogP contribution in [0.4, 0.5) is 0 Å². The van der Waals surface area contributed by atoms with Gasteiger partial charge < -0.3 is 0 Å². The number of aliphatic imine (C=N–C) groups is 1. The molecule has 0 aromatic carbocycles. The molecular formula is C8H12BrNO. The second-order valence-electron chi connectivity index (χ2n) is 2.14. The smallest absolute Gasteiger partial charge is 0.168 e. The molecular weight excluding hydrogens is 206 g/mol. The van der Waals surface area contributed by atoms with Gasteiger partial charge >= 0.3 is 0 Å². The normalized spacial score (nSPS) is 13.4. The first-order valence-corrected chi connectivity index (χ1v) is 4.62. The average Bonchev–Trinajstić information content (AvgIpc) is 2.03. The summed E-state index contributed by atoms with van der Waals surface area (Å²) in [7, 11) is 0. The van der Waals surface area contributed by atoms with Crippen LogP contribution in [0, 0.1) is 0 Å². The Labute approximate surface area is 75.5 Å². The Kier molecular flexibility index (Phi) is 6.03. The van der Waals surface area contributed by atoms with Gasteiger partial charge in [0.1, 0.15) is 0 Å². The lowest BCUT2D eigenvalue weighted by Crippen LogP contribution is -1.93. The molecule has 0 amide bonds. The molecule has 0 atom stereocenters. The second-order valence-corrected chi connectivity index (χ2v) is 2.70. The van der Waals surface area contributed by atoms with Crippen molar-refractivity contribution in [1.29, 1.82) is 0 Å². The third kappa shape index (κ3) is 4.90. The van der Waals surface area contributed by atoms with Crippen LogP contribution in [0.25, 0.3) is 0 Å². The lowest BCUT2D eigenvalue weighted by molar-refractivity contribution is -0.104. The number of hydrogen-bond donors (Lipinski definition) is 0. The van der Waals surface area contributed by atoms with Gasteiger partial charge in [-0.3, -0.25) is 9.79 Å². The fourth-order valence-electron chi connectivity index (χ4n) is 0.580. The van der Waals surface area contributed by atoms with Crippen LogP contribution in [0.3, 0.4) is 0 Å². The van der Waals surface area contributed by atoms with E-state index in [4.69, 9.17) is 0 Å². The highest BCUT2D eigenvalue weighted by Crippen LogP contribution is 1.97. The molecule has 0 bridgehead atoms. The summed E-state index contributed by atoms with van der Waals surface area (Å²) in [5.41, 5.74) is 1.43. The Bertz CT molecular complexity index is 185. The number of carbonyl (C=O) groups is 1. The Hall–Kier alpha value is -0.440. The molecule has 0 aromatic rings. The Balaban J connectivity index is 4.29. The maximum atomic E-state index is 10.4. The van der Waals surface area contributed by atoms with Crippen molar-refractivity contribution in [1.82, 2.24) is 0 Å². The number of allylic oxidation sites excluding steroid dienone is 2. The number of nitrogens with zero attached hydrogens (tertiary/aromatic N) is 1. The molecule has 0 aliphatic heterocycles. The SMILES string of the molecule is CC/C=C(/C=O)N=C(C)CBr. The van der Waals surface area contributed by atoms with E-state index in [0.29, 0.717) is 11.0 Å². The number of rotatable bonds is 4. The predicted molar refractivity (Wildman–Crippen MR) is 51.3 cm³/mol. The molecule has 2 nitrogen and oxygen atoms in total. The van der Waals surface area contributed by atoms with Crippen LogP contribution in [0.5, 0.6) is 0 Å². The fourth-order valence-corrected chi connectivity index (χ4v) is 0.705. The molecule has 0 aliphatic carbocycles. The Morgan fingerprint density at radius 1 is 1.64 bits per heavy atom. The first kappa shape index (κ1) is 10.6. The van der Waals surface area contributed by atoms with Crippen molar-refractivity contribution >= 4 is 27.9 Å². The largest absolute Gasteiger partial charge is 0.296 e. The van der Waals surface area contributed by atoms with E-state index < -0.39 is 0 Å². The van der Waals surface area contributed by atoms with E-state index in [1.807, 2.05) is 13.8 Å². The minimum atomic E-state index is 0.518. The third-order valence-corrected chi connectivity index (χ3v) is 1.86. The highest BCUT2D eigenvalue weighted by atomic mass is 79.9. The van der Waals surface area contributed by atoms with Crippen molar-refractivity contribution in [2.24, 2.45) is 4.99 Å². The van der Waals surface area contributed by atoms with Crippen molar-refractivity contribution in [3.05, 3.63) is 11.8 Å². The highest BCUT2D eigenvalue weighted by molar-refractivity contribution is 9.09. The number of halogens is 1. The van der Waals surface area contributed by atoms with Gasteiger partial charge in [-0.25, -0.2) is 0 Å². The van der Waals surface area contributed by atoms with E-state index in [1.165, 1.54) is 0 Å². The summed E-state index contributed by atoms with van der Waals surface area (Å²) in [6.45, 7) is 3.85. The second kappa shape index (κ2) is 6.28. The van der Waals surface area contributed by atoms with Crippen LogP contribution in [-0.4, -0.2) is 17.3 Å². The maximum absolute atomic E-state index is 10.4. The van der Waals surface area contributed by atoms with Crippen molar-refractivity contribution < 1.29 is 4.79 Å². The first-order chi connectivity index (χ1) is 5.24. The molecule has 0 unspecified atom stereocenters. The molecule has 0 rings (SSSR count). The lowest BCUT2D eigenvalue weighted by Gasteiger charge is -1.92. The molecule has 62 valence electrons. The summed E-state index contributed by atoms with van der Waals surface area (Å²) in [5.74, 6) is 0. The summed E-state index contributed by atoms with van der Waals surface area (Å²) in [6, 6.07) is 0. The van der Waals surface area contributed by atoms with Gasteiger partial charge in [-0.1, -0.05) is 28.9 Å². The van der Waals surface area contributed by atoms with Gasteiger partial charge in [-0.05, 0) is 13.3 Å². The van der Waals surface area contributed by atoms with Crippen LogP contribution in [0.2, 0.25) is 0 Å². The fraction of sp³-hybridized carbons (Fsp3) is 0.500. The summed E-state index contributed by atoms with van der Waals surface area (Å²) >= 11 is 3.25. The quantitative estimate of drug-likeness (QED) is 0.308. The minimum Gasteiger partial charge on any atom is -0.296 e. The van der Waals surface area contributed by atoms with E-state index in [9.17, 15) is 4.79 Å². The van der Waals surface area contributed by atoms with Gasteiger partial charge in [0.2, 0.25) is 0 Å². The average molecular weight is 218 g/mol. The first-order valence-electron chi connectivity index (χ1n) is 3.50. The molecule has 0 aliphatic rings. The maximum Gasteiger partial charge on any atom is 0.168 e. The van der Waals surface area contributed by atoms with Gasteiger partial charge in [0.15, 0.2) is 6.29 Å². The van der Waals surface area contributed by atoms with E-state index in [-0.39, 0.29) is 0 Å². The lowest BCUT2D eigenvalue weighted by atomic mass is 10.3. The van der Waals surface area contributed by atoms with Crippen LogP contribution in [0.15, 0.2) is 16.8 Å². The molecule has 0 fully saturated rings. The topological polar surface area (TPSA) is 29.4 Å². The molecule has 0 saturated heterocycles. The van der Waals surface area contributed by atoms with Crippen molar-refractivity contribution in [3.8, 4) is 0 Å². The number of alkyl halides is 1. The van der Waals surface area contributed by atoms with E-state index in [1.54, 1.807) is 6.08 Å². The van der Waals surface area contributed by atoms with Crippen LogP contribution in [-0.2, 0) is 4.79 Å². The van der Waals surface area contributed by atoms with Crippen LogP contribution >= 0.6 is 15.9 Å². The molecule has 3 heteroatoms. The predicted octanol–water partition coefficient (Wildman–Crippen LogP) is 2.33. The zero-order chi connectivity index (χ0) is 8.69. The monoisotopic (exact) mass is 217 g/mol. The molecule has 0 heterocycles. The van der Waals surface area contributed by atoms with E-state index in [0.717, 1.165) is 18.4 Å². The van der Waals surface area contributed by atoms with E-state index >= 15 is 0 Å². The molecule has 0 aromatic heterocycles. The third-order valence-electron chi connectivity index (χ3n) is 1.05.